The Hall–Kier alpha value is -0.570. The Kier molecular flexibility index (Phi) is 1.84. The van der Waals surface area contributed by atoms with Crippen molar-refractivity contribution in [1.29, 1.82) is 0 Å². The molecule has 0 radical (unpaired) electrons. The fourth-order valence-corrected chi connectivity index (χ4v) is 3.00. The topological polar surface area (TPSA) is 23.6 Å². The molecular formula is C11H18N2O. The van der Waals surface area contributed by atoms with Crippen molar-refractivity contribution in [2.75, 3.05) is 33.2 Å². The van der Waals surface area contributed by atoms with Gasteiger partial charge in [0, 0.05) is 32.1 Å². The zero-order valence-electron chi connectivity index (χ0n) is 8.78. The first-order valence-electron chi connectivity index (χ1n) is 5.71. The van der Waals surface area contributed by atoms with Gasteiger partial charge in [-0.15, -0.1) is 0 Å². The molecule has 3 heteroatoms. The summed E-state index contributed by atoms with van der Waals surface area (Å²) in [4.78, 5) is 16.4. The van der Waals surface area contributed by atoms with Crippen molar-refractivity contribution < 1.29 is 4.79 Å². The van der Waals surface area contributed by atoms with Gasteiger partial charge < -0.3 is 9.80 Å². The highest BCUT2D eigenvalue weighted by Gasteiger charge is 2.43. The van der Waals surface area contributed by atoms with Gasteiger partial charge in [-0.2, -0.15) is 0 Å². The average Bonchev–Trinajstić information content (AvgIpc) is 2.82. The van der Waals surface area contributed by atoms with Crippen LogP contribution >= 0.6 is 0 Å². The molecule has 0 N–H and O–H groups in total. The van der Waals surface area contributed by atoms with Crippen LogP contribution in [0, 0.1) is 17.8 Å². The third-order valence-corrected chi connectivity index (χ3v) is 3.91. The van der Waals surface area contributed by atoms with Gasteiger partial charge in [0.2, 0.25) is 5.91 Å². The lowest BCUT2D eigenvalue weighted by atomic mass is 10.0. The van der Waals surface area contributed by atoms with E-state index in [1.807, 2.05) is 0 Å². The standard InChI is InChI=1S/C11H18N2O/c1-12-4-9-6-13(7-10(9)5-12)11(14)8-2-3-8/h8-10H,2-7H2,1H3. The van der Waals surface area contributed by atoms with E-state index in [4.69, 9.17) is 0 Å². The molecule has 14 heavy (non-hydrogen) atoms. The zero-order chi connectivity index (χ0) is 9.71. The molecule has 2 heterocycles. The fraction of sp³-hybridized carbons (Fsp3) is 0.909. The van der Waals surface area contributed by atoms with Crippen molar-refractivity contribution in [3.63, 3.8) is 0 Å². The van der Waals surface area contributed by atoms with E-state index in [1.54, 1.807) is 0 Å². The van der Waals surface area contributed by atoms with E-state index < -0.39 is 0 Å². The molecule has 0 spiro atoms. The van der Waals surface area contributed by atoms with E-state index in [0.29, 0.717) is 11.8 Å². The van der Waals surface area contributed by atoms with Crippen molar-refractivity contribution in [1.82, 2.24) is 9.80 Å². The molecule has 0 aromatic rings. The van der Waals surface area contributed by atoms with Crippen molar-refractivity contribution in [3.05, 3.63) is 0 Å². The van der Waals surface area contributed by atoms with Crippen LogP contribution in [-0.4, -0.2) is 48.9 Å². The third kappa shape index (κ3) is 1.34. The van der Waals surface area contributed by atoms with E-state index in [-0.39, 0.29) is 0 Å². The fourth-order valence-electron chi connectivity index (χ4n) is 3.00. The largest absolute Gasteiger partial charge is 0.342 e. The van der Waals surface area contributed by atoms with Gasteiger partial charge >= 0.3 is 0 Å². The molecule has 3 nitrogen and oxygen atoms in total. The molecule has 0 aromatic heterocycles. The summed E-state index contributed by atoms with van der Waals surface area (Å²) in [6, 6.07) is 0. The summed E-state index contributed by atoms with van der Waals surface area (Å²) in [5.41, 5.74) is 0. The molecule has 0 bridgehead atoms. The van der Waals surface area contributed by atoms with Crippen molar-refractivity contribution in [2.45, 2.75) is 12.8 Å². The molecule has 2 aliphatic heterocycles. The number of hydrogen-bond donors (Lipinski definition) is 0. The Bertz CT molecular complexity index is 248. The maximum atomic E-state index is 11.8. The summed E-state index contributed by atoms with van der Waals surface area (Å²) in [5, 5.41) is 0. The Balaban J connectivity index is 1.63. The van der Waals surface area contributed by atoms with Gasteiger partial charge in [-0.25, -0.2) is 0 Å². The van der Waals surface area contributed by atoms with Crippen LogP contribution in [0.2, 0.25) is 0 Å². The summed E-state index contributed by atoms with van der Waals surface area (Å²) in [5.74, 6) is 2.39. The van der Waals surface area contributed by atoms with Gasteiger partial charge in [0.05, 0.1) is 0 Å². The van der Waals surface area contributed by atoms with Gasteiger partial charge in [0.25, 0.3) is 0 Å². The third-order valence-electron chi connectivity index (χ3n) is 3.91. The zero-order valence-corrected chi connectivity index (χ0v) is 8.78. The number of nitrogens with zero attached hydrogens (tertiary/aromatic N) is 2. The van der Waals surface area contributed by atoms with Crippen LogP contribution in [0.4, 0.5) is 0 Å². The lowest BCUT2D eigenvalue weighted by molar-refractivity contribution is -0.131. The first-order valence-corrected chi connectivity index (χ1v) is 5.71. The van der Waals surface area contributed by atoms with Crippen LogP contribution in [0.5, 0.6) is 0 Å². The number of hydrogen-bond acceptors (Lipinski definition) is 2. The molecule has 2 atom stereocenters. The Labute approximate surface area is 85.1 Å². The maximum absolute atomic E-state index is 11.8. The molecule has 1 amide bonds. The van der Waals surface area contributed by atoms with Gasteiger partial charge in [-0.3, -0.25) is 4.79 Å². The number of fused-ring (bicyclic) bond motifs is 1. The second kappa shape index (κ2) is 2.96. The first kappa shape index (κ1) is 8.72. The Morgan fingerprint density at radius 1 is 1.07 bits per heavy atom. The van der Waals surface area contributed by atoms with Crippen LogP contribution in [-0.2, 0) is 4.79 Å². The predicted molar refractivity (Wildman–Crippen MR) is 53.8 cm³/mol. The number of carbonyl (C=O) groups is 1. The second-order valence-corrected chi connectivity index (χ2v) is 5.26. The van der Waals surface area contributed by atoms with Crippen molar-refractivity contribution in [3.8, 4) is 0 Å². The summed E-state index contributed by atoms with van der Waals surface area (Å²) >= 11 is 0. The predicted octanol–water partition coefficient (Wildman–Crippen LogP) is 0.416. The van der Waals surface area contributed by atoms with E-state index in [2.05, 4.69) is 16.8 Å². The quantitative estimate of drug-likeness (QED) is 0.604. The van der Waals surface area contributed by atoms with E-state index >= 15 is 0 Å². The Morgan fingerprint density at radius 3 is 2.14 bits per heavy atom. The molecule has 1 aliphatic carbocycles. The van der Waals surface area contributed by atoms with Crippen LogP contribution in [0.25, 0.3) is 0 Å². The van der Waals surface area contributed by atoms with Crippen LogP contribution < -0.4 is 0 Å². The lowest BCUT2D eigenvalue weighted by Crippen LogP contribution is -2.33. The van der Waals surface area contributed by atoms with Gasteiger partial charge in [0.1, 0.15) is 0 Å². The molecule has 3 fully saturated rings. The smallest absolute Gasteiger partial charge is 0.225 e. The number of rotatable bonds is 1. The average molecular weight is 194 g/mol. The number of likely N-dealkylation sites (tertiary alicyclic amines) is 2. The highest BCUT2D eigenvalue weighted by molar-refractivity contribution is 5.81. The minimum Gasteiger partial charge on any atom is -0.342 e. The molecular weight excluding hydrogens is 176 g/mol. The van der Waals surface area contributed by atoms with Gasteiger partial charge in [-0.05, 0) is 31.7 Å². The minimum atomic E-state index is 0.409. The molecule has 3 aliphatic rings. The van der Waals surface area contributed by atoms with Crippen molar-refractivity contribution >= 4 is 5.91 Å². The SMILES string of the molecule is CN1CC2CN(C(=O)C3CC3)CC2C1. The highest BCUT2D eigenvalue weighted by atomic mass is 16.2. The van der Waals surface area contributed by atoms with Gasteiger partial charge in [0.15, 0.2) is 0 Å². The lowest BCUT2D eigenvalue weighted by Gasteiger charge is -2.19. The summed E-state index contributed by atoms with van der Waals surface area (Å²) in [6.07, 6.45) is 2.29. The minimum absolute atomic E-state index is 0.409. The summed E-state index contributed by atoms with van der Waals surface area (Å²) in [7, 11) is 2.19. The van der Waals surface area contributed by atoms with Crippen LogP contribution in [0.15, 0.2) is 0 Å². The maximum Gasteiger partial charge on any atom is 0.225 e. The molecule has 3 rings (SSSR count). The summed E-state index contributed by atoms with van der Waals surface area (Å²) < 4.78 is 0. The molecule has 78 valence electrons. The number of carbonyl (C=O) groups excluding carboxylic acids is 1. The molecule has 2 saturated heterocycles. The monoisotopic (exact) mass is 194 g/mol. The van der Waals surface area contributed by atoms with E-state index in [0.717, 1.165) is 37.8 Å². The Morgan fingerprint density at radius 2 is 1.64 bits per heavy atom. The van der Waals surface area contributed by atoms with Crippen LogP contribution in [0.3, 0.4) is 0 Å². The van der Waals surface area contributed by atoms with Crippen molar-refractivity contribution in [2.24, 2.45) is 17.8 Å². The molecule has 0 aromatic carbocycles. The number of amides is 1. The van der Waals surface area contributed by atoms with Crippen LogP contribution in [0.1, 0.15) is 12.8 Å². The highest BCUT2D eigenvalue weighted by Crippen LogP contribution is 2.36. The summed E-state index contributed by atoms with van der Waals surface area (Å²) in [6.45, 7) is 4.45. The van der Waals surface area contributed by atoms with E-state index in [9.17, 15) is 4.79 Å². The molecule has 2 unspecified atom stereocenters. The molecule has 1 saturated carbocycles. The second-order valence-electron chi connectivity index (χ2n) is 5.26. The normalized spacial score (nSPS) is 37.6. The van der Waals surface area contributed by atoms with E-state index in [1.165, 1.54) is 13.1 Å². The first-order chi connectivity index (χ1) is 6.74. The van der Waals surface area contributed by atoms with Gasteiger partial charge in [-0.1, -0.05) is 0 Å².